The highest BCUT2D eigenvalue weighted by Crippen LogP contribution is 2.32. The Balaban J connectivity index is 1.50. The molecule has 2 amide bonds. The number of amides is 2. The summed E-state index contributed by atoms with van der Waals surface area (Å²) in [6.07, 6.45) is 13.0. The molecule has 0 N–H and O–H groups in total. The first-order valence-corrected chi connectivity index (χ1v) is 9.84. The Morgan fingerprint density at radius 3 is 2.65 bits per heavy atom. The predicted molar refractivity (Wildman–Crippen MR) is 106 cm³/mol. The summed E-state index contributed by atoms with van der Waals surface area (Å²) in [5, 5.41) is 0.101. The zero-order valence-electron chi connectivity index (χ0n) is 14.4. The van der Waals surface area contributed by atoms with E-state index >= 15 is 0 Å². The predicted octanol–water partition coefficient (Wildman–Crippen LogP) is 3.86. The van der Waals surface area contributed by atoms with E-state index < -0.39 is 0 Å². The molecule has 0 spiro atoms. The van der Waals surface area contributed by atoms with Crippen LogP contribution in [0.25, 0.3) is 6.08 Å². The van der Waals surface area contributed by atoms with Gasteiger partial charge in [0.15, 0.2) is 0 Å². The van der Waals surface area contributed by atoms with Crippen molar-refractivity contribution in [1.29, 1.82) is 0 Å². The molecule has 3 aliphatic rings. The van der Waals surface area contributed by atoms with Crippen LogP contribution in [0, 0.1) is 0 Å². The summed E-state index contributed by atoms with van der Waals surface area (Å²) in [6.45, 7) is 1.69. The van der Waals surface area contributed by atoms with E-state index in [0.29, 0.717) is 10.5 Å². The maximum Gasteiger partial charge on any atom is 0.283 e. The Bertz CT molecular complexity index is 843. The van der Waals surface area contributed by atoms with Gasteiger partial charge in [-0.3, -0.25) is 9.59 Å². The fraction of sp³-hybridized carbons (Fsp3) is 0.286. The summed E-state index contributed by atoms with van der Waals surface area (Å²) in [6, 6.07) is 7.49. The molecular weight excluding hydrogens is 344 g/mol. The number of carbonyl (C=O) groups excluding carboxylic acids is 2. The van der Waals surface area contributed by atoms with E-state index in [0.717, 1.165) is 37.2 Å². The second-order valence-electron chi connectivity index (χ2n) is 6.61. The number of likely N-dealkylation sites (tertiary alicyclic amines) is 1. The largest absolute Gasteiger partial charge is 0.339 e. The number of benzene rings is 1. The summed E-state index contributed by atoms with van der Waals surface area (Å²) in [5.41, 5.74) is 2.42. The van der Waals surface area contributed by atoms with Gasteiger partial charge in [0.25, 0.3) is 11.8 Å². The lowest BCUT2D eigenvalue weighted by Crippen LogP contribution is -2.35. The second kappa shape index (κ2) is 7.46. The van der Waals surface area contributed by atoms with E-state index in [1.54, 1.807) is 0 Å². The molecule has 0 radical (unpaired) electrons. The lowest BCUT2D eigenvalue weighted by Gasteiger charge is -2.26. The molecule has 1 aromatic rings. The molecule has 0 bridgehead atoms. The van der Waals surface area contributed by atoms with Crippen LogP contribution in [0.5, 0.6) is 0 Å². The molecular formula is C21H20N2O2S. The number of nitrogens with zero attached hydrogens (tertiary/aromatic N) is 2. The third-order valence-electron chi connectivity index (χ3n) is 4.75. The van der Waals surface area contributed by atoms with Crippen LogP contribution in [0.1, 0.15) is 35.2 Å². The average Bonchev–Trinajstić information content (AvgIpc) is 2.69. The maximum atomic E-state index is 12.5. The molecule has 132 valence electrons. The van der Waals surface area contributed by atoms with E-state index in [1.165, 1.54) is 18.2 Å². The van der Waals surface area contributed by atoms with Crippen molar-refractivity contribution in [3.05, 3.63) is 64.6 Å². The summed E-state index contributed by atoms with van der Waals surface area (Å²) < 4.78 is 0. The number of allylic oxidation sites excluding steroid dienone is 3. The number of fused-ring (bicyclic) bond motifs is 1. The van der Waals surface area contributed by atoms with Crippen LogP contribution in [0.15, 0.2) is 58.5 Å². The molecule has 2 heterocycles. The fourth-order valence-electron chi connectivity index (χ4n) is 3.32. The van der Waals surface area contributed by atoms with Gasteiger partial charge in [0.2, 0.25) is 0 Å². The highest BCUT2D eigenvalue weighted by Gasteiger charge is 2.25. The standard InChI is InChI=1S/C21H20N2O2S/c24-20-19(26-18-7-3-2-6-17(18)22-20)14-15-8-10-16(11-9-15)21(25)23-12-4-1-5-13-23/h2-3,6-11,14,18H,1,4-5,12-13H2/b19-14+. The van der Waals surface area contributed by atoms with Gasteiger partial charge in [-0.05, 0) is 49.1 Å². The van der Waals surface area contributed by atoms with Gasteiger partial charge in [-0.15, -0.1) is 11.8 Å². The molecule has 1 saturated heterocycles. The number of rotatable bonds is 2. The van der Waals surface area contributed by atoms with Gasteiger partial charge in [0, 0.05) is 18.7 Å². The molecule has 0 saturated carbocycles. The van der Waals surface area contributed by atoms with Crippen molar-refractivity contribution in [1.82, 2.24) is 4.90 Å². The summed E-state index contributed by atoms with van der Waals surface area (Å²) in [5.74, 6) is -0.102. The van der Waals surface area contributed by atoms with Crippen LogP contribution in [-0.4, -0.2) is 40.8 Å². The first-order valence-electron chi connectivity index (χ1n) is 8.96. The third kappa shape index (κ3) is 3.58. The lowest BCUT2D eigenvalue weighted by molar-refractivity contribution is -0.113. The number of hydrogen-bond acceptors (Lipinski definition) is 3. The Kier molecular flexibility index (Phi) is 4.89. The van der Waals surface area contributed by atoms with Crippen LogP contribution in [0.4, 0.5) is 0 Å². The molecule has 1 fully saturated rings. The molecule has 0 aromatic heterocycles. The molecule has 1 atom stereocenters. The third-order valence-corrected chi connectivity index (χ3v) is 5.95. The Labute approximate surface area is 157 Å². The van der Waals surface area contributed by atoms with E-state index in [1.807, 2.05) is 59.5 Å². The van der Waals surface area contributed by atoms with Crippen LogP contribution < -0.4 is 0 Å². The zero-order chi connectivity index (χ0) is 17.9. The Morgan fingerprint density at radius 1 is 1.12 bits per heavy atom. The van der Waals surface area contributed by atoms with Gasteiger partial charge in [-0.1, -0.05) is 30.4 Å². The number of aliphatic imine (C=N–C) groups is 1. The SMILES string of the molecule is O=C1N=C2C=CC=CC2S/C1=C/c1ccc(C(=O)N2CCCCC2)cc1. The minimum Gasteiger partial charge on any atom is -0.339 e. The van der Waals surface area contributed by atoms with Crippen molar-refractivity contribution >= 4 is 35.4 Å². The molecule has 5 heteroatoms. The minimum atomic E-state index is -0.199. The molecule has 26 heavy (non-hydrogen) atoms. The van der Waals surface area contributed by atoms with Gasteiger partial charge in [0.1, 0.15) is 0 Å². The quantitative estimate of drug-likeness (QED) is 0.749. The fourth-order valence-corrected chi connectivity index (χ4v) is 4.37. The van der Waals surface area contributed by atoms with Crippen molar-refractivity contribution in [2.75, 3.05) is 13.1 Å². The molecule has 2 aliphatic heterocycles. The number of piperidine rings is 1. The highest BCUT2D eigenvalue weighted by atomic mass is 32.2. The van der Waals surface area contributed by atoms with Crippen LogP contribution in [-0.2, 0) is 4.79 Å². The van der Waals surface area contributed by atoms with Crippen molar-refractivity contribution in [2.45, 2.75) is 24.5 Å². The molecule has 4 nitrogen and oxygen atoms in total. The number of thioether (sulfide) groups is 1. The van der Waals surface area contributed by atoms with E-state index in [4.69, 9.17) is 0 Å². The van der Waals surface area contributed by atoms with E-state index in [2.05, 4.69) is 4.99 Å². The number of carbonyl (C=O) groups is 2. The summed E-state index contributed by atoms with van der Waals surface area (Å²) >= 11 is 1.52. The molecule has 4 rings (SSSR count). The van der Waals surface area contributed by atoms with Crippen molar-refractivity contribution in [3.63, 3.8) is 0 Å². The Morgan fingerprint density at radius 2 is 1.88 bits per heavy atom. The monoisotopic (exact) mass is 364 g/mol. The van der Waals surface area contributed by atoms with Crippen LogP contribution >= 0.6 is 11.8 Å². The van der Waals surface area contributed by atoms with Gasteiger partial charge in [-0.2, -0.15) is 0 Å². The smallest absolute Gasteiger partial charge is 0.283 e. The molecule has 1 aromatic carbocycles. The maximum absolute atomic E-state index is 12.5. The average molecular weight is 364 g/mol. The van der Waals surface area contributed by atoms with E-state index in [9.17, 15) is 9.59 Å². The first kappa shape index (κ1) is 17.0. The molecule has 1 unspecified atom stereocenters. The topological polar surface area (TPSA) is 49.7 Å². The van der Waals surface area contributed by atoms with Gasteiger partial charge in [-0.25, -0.2) is 4.99 Å². The van der Waals surface area contributed by atoms with Gasteiger partial charge < -0.3 is 4.90 Å². The Hall–Kier alpha value is -2.40. The zero-order valence-corrected chi connectivity index (χ0v) is 15.2. The lowest BCUT2D eigenvalue weighted by atomic mass is 10.1. The second-order valence-corrected chi connectivity index (χ2v) is 7.79. The summed E-state index contributed by atoms with van der Waals surface area (Å²) in [4.78, 5) is 31.5. The molecule has 1 aliphatic carbocycles. The number of hydrogen-bond donors (Lipinski definition) is 0. The van der Waals surface area contributed by atoms with Gasteiger partial charge >= 0.3 is 0 Å². The normalized spacial score (nSPS) is 23.8. The van der Waals surface area contributed by atoms with Gasteiger partial charge in [0.05, 0.1) is 15.9 Å². The van der Waals surface area contributed by atoms with Crippen molar-refractivity contribution in [3.8, 4) is 0 Å². The van der Waals surface area contributed by atoms with E-state index in [-0.39, 0.29) is 17.1 Å². The van der Waals surface area contributed by atoms with Crippen LogP contribution in [0.2, 0.25) is 0 Å². The van der Waals surface area contributed by atoms with Crippen molar-refractivity contribution < 1.29 is 9.59 Å². The van der Waals surface area contributed by atoms with Crippen LogP contribution in [0.3, 0.4) is 0 Å². The first-order chi connectivity index (χ1) is 12.7. The van der Waals surface area contributed by atoms with Crippen molar-refractivity contribution in [2.24, 2.45) is 4.99 Å². The summed E-state index contributed by atoms with van der Waals surface area (Å²) in [7, 11) is 0. The minimum absolute atomic E-state index is 0.0976. The highest BCUT2D eigenvalue weighted by molar-refractivity contribution is 8.05.